The van der Waals surface area contributed by atoms with Crippen molar-refractivity contribution in [1.29, 1.82) is 5.26 Å². The van der Waals surface area contributed by atoms with Crippen molar-refractivity contribution in [1.82, 2.24) is 15.1 Å². The number of nitriles is 1. The summed E-state index contributed by atoms with van der Waals surface area (Å²) < 4.78 is 11.4. The van der Waals surface area contributed by atoms with Gasteiger partial charge in [-0.15, -0.1) is 0 Å². The number of likely N-dealkylation sites (tertiary alicyclic amines) is 1. The molecule has 0 aliphatic carbocycles. The molecule has 2 aliphatic rings. The fourth-order valence-electron chi connectivity index (χ4n) is 5.08. The van der Waals surface area contributed by atoms with Crippen LogP contribution in [-0.2, 0) is 20.7 Å². The zero-order valence-corrected chi connectivity index (χ0v) is 23.4. The van der Waals surface area contributed by atoms with Crippen LogP contribution < -0.4 is 5.32 Å². The number of hydrogen-bond acceptors (Lipinski definition) is 8. The Morgan fingerprint density at radius 3 is 2.64 bits per heavy atom. The topological polar surface area (TPSA) is 135 Å². The highest BCUT2D eigenvalue weighted by atomic mass is 16.6. The van der Waals surface area contributed by atoms with E-state index < -0.39 is 30.8 Å². The fraction of sp³-hybridized carbons (Fsp3) is 0.607. The lowest BCUT2D eigenvalue weighted by Gasteiger charge is -2.45. The molecule has 2 heterocycles. The van der Waals surface area contributed by atoms with Gasteiger partial charge in [0.1, 0.15) is 17.7 Å². The van der Waals surface area contributed by atoms with Gasteiger partial charge in [-0.2, -0.15) is 5.26 Å². The van der Waals surface area contributed by atoms with Crippen molar-refractivity contribution in [3.63, 3.8) is 0 Å². The summed E-state index contributed by atoms with van der Waals surface area (Å²) in [6, 6.07) is 11.3. The third-order valence-corrected chi connectivity index (χ3v) is 7.24. The van der Waals surface area contributed by atoms with Crippen molar-refractivity contribution in [3.05, 3.63) is 47.5 Å². The molecule has 2 saturated heterocycles. The smallest absolute Gasteiger partial charge is 0.444 e. The van der Waals surface area contributed by atoms with Gasteiger partial charge in [0, 0.05) is 25.2 Å². The van der Waals surface area contributed by atoms with Gasteiger partial charge in [0.15, 0.2) is 0 Å². The molecule has 0 aromatic heterocycles. The molecule has 10 nitrogen and oxygen atoms in total. The van der Waals surface area contributed by atoms with Crippen LogP contribution in [0.25, 0.3) is 0 Å². The Bertz CT molecular complexity index is 1060. The number of amides is 2. The molecule has 2 amide bonds. The standard InChI is InChI=1S/C28H41BN4O6/c1-27(2,33-14-15-38-28(3,4)20-33)17-22(18-30)25(34)32-13-9-8-12-23(19-32)39-26(35)31-24(29(36)37)16-21-10-6-5-7-11-21/h5-7,10-11,17,23-24,36-37H,8-9,12-16,19-20H2,1-4H3,(H,31,35)/t23-,24+/m1/s1. The summed E-state index contributed by atoms with van der Waals surface area (Å²) in [7, 11) is -1.77. The van der Waals surface area contributed by atoms with Gasteiger partial charge in [0.25, 0.3) is 5.91 Å². The first kappa shape index (κ1) is 30.6. The molecule has 39 heavy (non-hydrogen) atoms. The molecule has 212 valence electrons. The Kier molecular flexibility index (Phi) is 10.6. The van der Waals surface area contributed by atoms with Crippen molar-refractivity contribution in [2.75, 3.05) is 32.8 Å². The van der Waals surface area contributed by atoms with Crippen LogP contribution in [0.1, 0.15) is 52.5 Å². The zero-order valence-electron chi connectivity index (χ0n) is 23.4. The number of carbonyl (C=O) groups is 2. The minimum Gasteiger partial charge on any atom is -0.444 e. The monoisotopic (exact) mass is 540 g/mol. The second-order valence-corrected chi connectivity index (χ2v) is 11.5. The van der Waals surface area contributed by atoms with Crippen LogP contribution in [0, 0.1) is 11.3 Å². The first-order chi connectivity index (χ1) is 18.4. The molecule has 3 N–H and O–H groups in total. The number of ether oxygens (including phenoxy) is 2. The number of nitrogens with zero attached hydrogens (tertiary/aromatic N) is 3. The van der Waals surface area contributed by atoms with Gasteiger partial charge in [-0.1, -0.05) is 30.3 Å². The van der Waals surface area contributed by atoms with Crippen LogP contribution in [-0.4, -0.2) is 94.9 Å². The normalized spacial score (nSPS) is 21.3. The predicted molar refractivity (Wildman–Crippen MR) is 147 cm³/mol. The molecule has 0 saturated carbocycles. The molecule has 2 fully saturated rings. The summed E-state index contributed by atoms with van der Waals surface area (Å²) >= 11 is 0. The summed E-state index contributed by atoms with van der Waals surface area (Å²) in [6.07, 6.45) is 2.60. The van der Waals surface area contributed by atoms with E-state index in [1.165, 1.54) is 0 Å². The van der Waals surface area contributed by atoms with Crippen LogP contribution in [0.5, 0.6) is 0 Å². The minimum atomic E-state index is -1.77. The van der Waals surface area contributed by atoms with E-state index in [1.54, 1.807) is 11.0 Å². The number of hydrogen-bond donors (Lipinski definition) is 3. The Balaban J connectivity index is 1.64. The summed E-state index contributed by atoms with van der Waals surface area (Å²) in [4.78, 5) is 29.9. The van der Waals surface area contributed by atoms with Crippen molar-refractivity contribution in [2.45, 2.75) is 76.6 Å². The lowest BCUT2D eigenvalue weighted by molar-refractivity contribution is -0.128. The van der Waals surface area contributed by atoms with E-state index in [9.17, 15) is 24.9 Å². The Hall–Kier alpha value is -2.91. The van der Waals surface area contributed by atoms with Crippen molar-refractivity contribution in [3.8, 4) is 6.07 Å². The lowest BCUT2D eigenvalue weighted by Crippen LogP contribution is -2.55. The Morgan fingerprint density at radius 1 is 1.28 bits per heavy atom. The Labute approximate surface area is 231 Å². The summed E-state index contributed by atoms with van der Waals surface area (Å²) in [5.74, 6) is -1.34. The highest BCUT2D eigenvalue weighted by molar-refractivity contribution is 6.43. The second-order valence-electron chi connectivity index (χ2n) is 11.5. The second kappa shape index (κ2) is 13.4. The molecular formula is C28H41BN4O6. The van der Waals surface area contributed by atoms with Gasteiger partial charge < -0.3 is 29.7 Å². The van der Waals surface area contributed by atoms with Crippen molar-refractivity contribution in [2.24, 2.45) is 0 Å². The number of carbonyl (C=O) groups excluding carboxylic acids is 2. The van der Waals surface area contributed by atoms with Crippen molar-refractivity contribution < 1.29 is 29.1 Å². The molecule has 0 spiro atoms. The predicted octanol–water partition coefficient (Wildman–Crippen LogP) is 2.06. The maximum Gasteiger partial charge on any atom is 0.475 e. The summed E-state index contributed by atoms with van der Waals surface area (Å²) in [5.41, 5.74) is 0.0344. The molecule has 1 aromatic carbocycles. The number of nitrogens with one attached hydrogen (secondary N) is 1. The van der Waals surface area contributed by atoms with E-state index in [1.807, 2.05) is 58.0 Å². The third kappa shape index (κ3) is 9.07. The minimum absolute atomic E-state index is 0.0562. The van der Waals surface area contributed by atoms with Crippen LogP contribution in [0.3, 0.4) is 0 Å². The van der Waals surface area contributed by atoms with E-state index in [4.69, 9.17) is 9.47 Å². The van der Waals surface area contributed by atoms with E-state index in [2.05, 4.69) is 16.3 Å². The number of morpholine rings is 1. The van der Waals surface area contributed by atoms with Gasteiger partial charge in [0.2, 0.25) is 0 Å². The molecule has 0 bridgehead atoms. The summed E-state index contributed by atoms with van der Waals surface area (Å²) in [5, 5.41) is 32.0. The molecule has 1 aromatic rings. The Morgan fingerprint density at radius 2 is 2.00 bits per heavy atom. The van der Waals surface area contributed by atoms with Gasteiger partial charge in [-0.3, -0.25) is 9.69 Å². The first-order valence-corrected chi connectivity index (χ1v) is 13.6. The van der Waals surface area contributed by atoms with E-state index in [-0.39, 0.29) is 30.0 Å². The molecule has 3 rings (SSSR count). The quantitative estimate of drug-likeness (QED) is 0.259. The van der Waals surface area contributed by atoms with Crippen LogP contribution in [0.4, 0.5) is 4.79 Å². The van der Waals surface area contributed by atoms with Gasteiger partial charge in [-0.25, -0.2) is 4.79 Å². The van der Waals surface area contributed by atoms with Crippen LogP contribution in [0.15, 0.2) is 42.0 Å². The van der Waals surface area contributed by atoms with Crippen molar-refractivity contribution >= 4 is 19.1 Å². The molecular weight excluding hydrogens is 499 g/mol. The number of rotatable bonds is 8. The zero-order chi connectivity index (χ0) is 28.6. The molecule has 2 atom stereocenters. The fourth-order valence-corrected chi connectivity index (χ4v) is 5.08. The SMILES string of the molecule is CC1(C)CN(C(C)(C)C=C(C#N)C(=O)N2CCCC[C@@H](OC(=O)N[C@@H](Cc3ccccc3)B(O)O)C2)CCO1. The van der Waals surface area contributed by atoms with Gasteiger partial charge >= 0.3 is 13.2 Å². The summed E-state index contributed by atoms with van der Waals surface area (Å²) in [6.45, 7) is 10.6. The number of alkyl carbamates (subject to hydrolysis) is 1. The molecule has 11 heteroatoms. The molecule has 2 aliphatic heterocycles. The molecule has 0 unspecified atom stereocenters. The largest absolute Gasteiger partial charge is 0.475 e. The van der Waals surface area contributed by atoms with E-state index in [0.29, 0.717) is 32.7 Å². The first-order valence-electron chi connectivity index (χ1n) is 13.6. The maximum atomic E-state index is 13.4. The average molecular weight is 540 g/mol. The lowest BCUT2D eigenvalue weighted by atomic mass is 9.76. The average Bonchev–Trinajstić information content (AvgIpc) is 3.12. The maximum absolute atomic E-state index is 13.4. The van der Waals surface area contributed by atoms with Crippen LogP contribution in [0.2, 0.25) is 0 Å². The highest BCUT2D eigenvalue weighted by Gasteiger charge is 2.36. The number of benzene rings is 1. The highest BCUT2D eigenvalue weighted by Crippen LogP contribution is 2.26. The van der Waals surface area contributed by atoms with Crippen LogP contribution >= 0.6 is 0 Å². The van der Waals surface area contributed by atoms with E-state index >= 15 is 0 Å². The molecule has 0 radical (unpaired) electrons. The van der Waals surface area contributed by atoms with Gasteiger partial charge in [0.05, 0.1) is 24.7 Å². The van der Waals surface area contributed by atoms with Gasteiger partial charge in [-0.05, 0) is 65.0 Å². The third-order valence-electron chi connectivity index (χ3n) is 7.24. The van der Waals surface area contributed by atoms with E-state index in [0.717, 1.165) is 18.4 Å².